The van der Waals surface area contributed by atoms with E-state index in [0.717, 1.165) is 43.2 Å². The van der Waals surface area contributed by atoms with Gasteiger partial charge in [0.05, 0.1) is 11.6 Å². The van der Waals surface area contributed by atoms with Crippen LogP contribution in [0.1, 0.15) is 96.6 Å². The molecule has 14 heteroatoms. The van der Waals surface area contributed by atoms with Crippen molar-refractivity contribution in [3.63, 3.8) is 0 Å². The van der Waals surface area contributed by atoms with E-state index in [1.807, 2.05) is 36.4 Å². The third-order valence-electron chi connectivity index (χ3n) is 10.1. The number of hydrogen-bond donors (Lipinski definition) is 4. The quantitative estimate of drug-likeness (QED) is 0.253. The predicted molar refractivity (Wildman–Crippen MR) is 193 cm³/mol. The number of benzene rings is 1. The number of allylic oxidation sites excluding steroid dienone is 1. The van der Waals surface area contributed by atoms with Gasteiger partial charge in [0.2, 0.25) is 11.8 Å². The normalized spacial score (nSPS) is 29.5. The highest BCUT2D eigenvalue weighted by atomic mass is 32.2. The molecule has 2 aliphatic carbocycles. The lowest BCUT2D eigenvalue weighted by atomic mass is 10.0. The minimum absolute atomic E-state index is 0.0252. The van der Waals surface area contributed by atoms with Gasteiger partial charge in [-0.1, -0.05) is 59.9 Å². The monoisotopic (exact) mass is 725 g/mol. The first-order valence-corrected chi connectivity index (χ1v) is 19.4. The molecule has 1 unspecified atom stereocenters. The van der Waals surface area contributed by atoms with Crippen LogP contribution in [0.3, 0.4) is 0 Å². The molecule has 1 aromatic carbocycles. The van der Waals surface area contributed by atoms with Gasteiger partial charge in [-0.05, 0) is 77.3 Å². The summed E-state index contributed by atoms with van der Waals surface area (Å²) >= 11 is 0. The Balaban J connectivity index is 1.25. The highest BCUT2D eigenvalue weighted by molar-refractivity contribution is 8.15. The van der Waals surface area contributed by atoms with Crippen LogP contribution in [0.15, 0.2) is 36.4 Å². The Morgan fingerprint density at radius 1 is 1.04 bits per heavy atom. The van der Waals surface area contributed by atoms with Crippen molar-refractivity contribution in [2.45, 2.75) is 133 Å². The van der Waals surface area contributed by atoms with E-state index in [9.17, 15) is 29.1 Å². The number of rotatable bonds is 5. The highest BCUT2D eigenvalue weighted by Crippen LogP contribution is 2.47. The number of hydrogen-bond acceptors (Lipinski definition) is 7. The second-order valence-electron chi connectivity index (χ2n) is 15.4. The Kier molecular flexibility index (Phi) is 10.8. The van der Waals surface area contributed by atoms with Gasteiger partial charge in [0.15, 0.2) is 0 Å². The Morgan fingerprint density at radius 3 is 2.39 bits per heavy atom. The maximum atomic E-state index is 14.4. The van der Waals surface area contributed by atoms with Crippen LogP contribution >= 0.6 is 10.7 Å². The maximum absolute atomic E-state index is 14.4. The van der Waals surface area contributed by atoms with Crippen molar-refractivity contribution < 1.29 is 38.6 Å². The van der Waals surface area contributed by atoms with Gasteiger partial charge in [0.1, 0.15) is 29.3 Å². The molecule has 2 saturated carbocycles. The topological polar surface area (TPSA) is 167 Å². The SMILES string of the molecule is C/C(O)=S(/NC(=O)[C@@]12C[C@H]1/C=C\CCCCC[C@H](NC(=O)OC(C)(C)C)C(=O)N1C[C@H](OC(=O)N3Cc4ccccc4C3)C[C@H]1C(=O)N2)C1CC1. The molecule has 6 atom stereocenters. The average molecular weight is 726 g/mol. The summed E-state index contributed by atoms with van der Waals surface area (Å²) < 4.78 is 14.5. The van der Waals surface area contributed by atoms with E-state index in [-0.39, 0.29) is 35.1 Å². The number of nitrogens with one attached hydrogen (secondary N) is 3. The van der Waals surface area contributed by atoms with E-state index in [1.54, 1.807) is 32.6 Å². The summed E-state index contributed by atoms with van der Waals surface area (Å²) in [6, 6.07) is 5.73. The highest BCUT2D eigenvalue weighted by Gasteiger charge is 2.61. The molecule has 3 fully saturated rings. The molecular weight excluding hydrogens is 675 g/mol. The van der Waals surface area contributed by atoms with Gasteiger partial charge in [-0.2, -0.15) is 0 Å². The molecule has 3 aliphatic heterocycles. The molecule has 278 valence electrons. The number of carbonyl (C=O) groups is 5. The van der Waals surface area contributed by atoms with Crippen molar-refractivity contribution in [2.75, 3.05) is 6.54 Å². The molecule has 0 aromatic heterocycles. The summed E-state index contributed by atoms with van der Waals surface area (Å²) in [4.78, 5) is 71.9. The summed E-state index contributed by atoms with van der Waals surface area (Å²) in [5.74, 6) is -1.64. The number of carbonyl (C=O) groups excluding carboxylic acids is 5. The summed E-state index contributed by atoms with van der Waals surface area (Å²) in [6.45, 7) is 7.54. The molecule has 6 rings (SSSR count). The lowest BCUT2D eigenvalue weighted by molar-refractivity contribution is -0.141. The number of aliphatic hydroxyl groups excluding tert-OH is 1. The number of alkyl carbamates (subject to hydrolysis) is 1. The molecule has 0 bridgehead atoms. The van der Waals surface area contributed by atoms with Gasteiger partial charge in [0.25, 0.3) is 5.91 Å². The Morgan fingerprint density at radius 2 is 1.75 bits per heavy atom. The van der Waals surface area contributed by atoms with E-state index in [0.29, 0.717) is 32.4 Å². The fourth-order valence-corrected chi connectivity index (χ4v) is 8.97. The molecule has 4 N–H and O–H groups in total. The summed E-state index contributed by atoms with van der Waals surface area (Å²) in [7, 11) is -0.829. The first-order valence-electron chi connectivity index (χ1n) is 18.1. The van der Waals surface area contributed by atoms with Crippen LogP contribution in [-0.4, -0.2) is 91.0 Å². The van der Waals surface area contributed by atoms with Crippen LogP contribution in [-0.2, 0) is 36.9 Å². The van der Waals surface area contributed by atoms with Gasteiger partial charge >= 0.3 is 12.2 Å². The summed E-state index contributed by atoms with van der Waals surface area (Å²) in [6.07, 6.45) is 7.55. The van der Waals surface area contributed by atoms with Crippen LogP contribution < -0.4 is 15.4 Å². The van der Waals surface area contributed by atoms with Gasteiger partial charge in [-0.15, -0.1) is 0 Å². The largest absolute Gasteiger partial charge is 0.444 e. The number of amides is 5. The van der Waals surface area contributed by atoms with Crippen LogP contribution in [0, 0.1) is 5.92 Å². The standard InChI is InChI=1S/C37H51N5O8S/c1-23(43)51(28-16-17-28)40-33(46)37-19-26(37)14-8-6-5-7-9-15-29(38-34(47)50-36(2,3)4)32(45)42-22-27(18-30(42)31(44)39-37)49-35(48)41-20-24-12-10-11-13-25(24)21-41/h8,10-14,26-30,43H,5-7,9,15-22H2,1-4H3,(H,38,47)(H,39,44)(H,40,46)/b14-8-/t26-,27-,29+,30+,37-,51?/m1/s1. The second-order valence-corrected chi connectivity index (χ2v) is 17.5. The molecule has 13 nitrogen and oxygen atoms in total. The fourth-order valence-electron chi connectivity index (χ4n) is 7.19. The molecular formula is C37H51N5O8S. The zero-order chi connectivity index (χ0) is 36.5. The molecule has 3 heterocycles. The van der Waals surface area contributed by atoms with Crippen LogP contribution in [0.2, 0.25) is 0 Å². The van der Waals surface area contributed by atoms with E-state index in [1.165, 1.54) is 4.90 Å². The zero-order valence-corrected chi connectivity index (χ0v) is 30.8. The average Bonchev–Trinajstić information content (AvgIpc) is 3.93. The van der Waals surface area contributed by atoms with E-state index < -0.39 is 64.0 Å². The summed E-state index contributed by atoms with van der Waals surface area (Å²) in [5, 5.41) is 16.5. The molecule has 0 radical (unpaired) electrons. The number of aliphatic hydroxyl groups is 1. The van der Waals surface area contributed by atoms with Crippen molar-refractivity contribution in [3.05, 3.63) is 47.5 Å². The van der Waals surface area contributed by atoms with Crippen LogP contribution in [0.25, 0.3) is 0 Å². The molecule has 51 heavy (non-hydrogen) atoms. The number of nitrogens with zero attached hydrogens (tertiary/aromatic N) is 2. The van der Waals surface area contributed by atoms with Gasteiger partial charge in [-0.25, -0.2) is 9.59 Å². The Hall–Kier alpha value is -3.91. The van der Waals surface area contributed by atoms with Crippen molar-refractivity contribution in [3.8, 4) is 0 Å². The van der Waals surface area contributed by atoms with Gasteiger partial charge in [-0.3, -0.25) is 19.3 Å². The van der Waals surface area contributed by atoms with E-state index >= 15 is 0 Å². The molecule has 0 spiro atoms. The van der Waals surface area contributed by atoms with Crippen molar-refractivity contribution in [2.24, 2.45) is 5.92 Å². The van der Waals surface area contributed by atoms with Crippen molar-refractivity contribution in [1.82, 2.24) is 25.2 Å². The van der Waals surface area contributed by atoms with E-state index in [4.69, 9.17) is 9.47 Å². The van der Waals surface area contributed by atoms with Gasteiger partial charge in [0, 0.05) is 30.7 Å². The number of ether oxygens (including phenoxy) is 2. The third-order valence-corrected chi connectivity index (χ3v) is 12.3. The van der Waals surface area contributed by atoms with Crippen LogP contribution in [0.4, 0.5) is 9.59 Å². The van der Waals surface area contributed by atoms with Crippen LogP contribution in [0.5, 0.6) is 0 Å². The lowest BCUT2D eigenvalue weighted by Crippen LogP contribution is -2.57. The minimum atomic E-state index is -1.25. The maximum Gasteiger partial charge on any atom is 0.410 e. The van der Waals surface area contributed by atoms with Gasteiger partial charge < -0.3 is 34.8 Å². The minimum Gasteiger partial charge on any atom is -0.444 e. The summed E-state index contributed by atoms with van der Waals surface area (Å²) in [5.41, 5.74) is 0.0383. The molecule has 1 aromatic rings. The molecule has 5 amide bonds. The smallest absolute Gasteiger partial charge is 0.410 e. The molecule has 5 aliphatic rings. The zero-order valence-electron chi connectivity index (χ0n) is 29.9. The lowest BCUT2D eigenvalue weighted by Gasteiger charge is -2.30. The third kappa shape index (κ3) is 8.77. The fraction of sp³-hybridized carbons (Fsp3) is 0.622. The van der Waals surface area contributed by atoms with Crippen molar-refractivity contribution >= 4 is 45.6 Å². The Bertz CT molecular complexity index is 1590. The van der Waals surface area contributed by atoms with E-state index in [2.05, 4.69) is 15.4 Å². The first-order chi connectivity index (χ1) is 24.2. The number of fused-ring (bicyclic) bond motifs is 3. The predicted octanol–water partition coefficient (Wildman–Crippen LogP) is 4.57. The second kappa shape index (κ2) is 15.0. The first kappa shape index (κ1) is 36.9. The Labute approximate surface area is 301 Å². The van der Waals surface area contributed by atoms with Crippen molar-refractivity contribution in [1.29, 1.82) is 0 Å². The molecule has 1 saturated heterocycles.